The van der Waals surface area contributed by atoms with Gasteiger partial charge in [-0.05, 0) is 24.1 Å². The lowest BCUT2D eigenvalue weighted by molar-refractivity contribution is 0.622. The van der Waals surface area contributed by atoms with Crippen LogP contribution in [0.2, 0.25) is 0 Å². The maximum Gasteiger partial charge on any atom is 0.135 e. The summed E-state index contributed by atoms with van der Waals surface area (Å²) in [5.41, 5.74) is 7.30. The van der Waals surface area contributed by atoms with Gasteiger partial charge < -0.3 is 5.73 Å². The van der Waals surface area contributed by atoms with Crippen molar-refractivity contribution >= 4 is 17.2 Å². The summed E-state index contributed by atoms with van der Waals surface area (Å²) in [5.74, 6) is -0.116. The Bertz CT molecular complexity index is 590. The third kappa shape index (κ3) is 2.26. The van der Waals surface area contributed by atoms with Crippen LogP contribution in [-0.4, -0.2) is 14.8 Å². The Balaban J connectivity index is 2.56. The quantitative estimate of drug-likeness (QED) is 0.866. The Kier molecular flexibility index (Phi) is 3.43. The minimum Gasteiger partial charge on any atom is -0.389 e. The van der Waals surface area contributed by atoms with Crippen molar-refractivity contribution in [3.05, 3.63) is 47.5 Å². The highest BCUT2D eigenvalue weighted by molar-refractivity contribution is 7.80. The summed E-state index contributed by atoms with van der Waals surface area (Å²) in [4.78, 5) is 0.0321. The Morgan fingerprint density at radius 2 is 2.11 bits per heavy atom. The third-order valence-corrected chi connectivity index (χ3v) is 2.89. The van der Waals surface area contributed by atoms with Gasteiger partial charge in [-0.1, -0.05) is 32.1 Å². The lowest BCUT2D eigenvalue weighted by atomic mass is 10.1. The van der Waals surface area contributed by atoms with E-state index in [4.69, 9.17) is 18.0 Å². The van der Waals surface area contributed by atoms with Crippen LogP contribution >= 0.6 is 12.2 Å². The lowest BCUT2D eigenvalue weighted by Crippen LogP contribution is -2.16. The number of aromatic nitrogens is 2. The van der Waals surface area contributed by atoms with E-state index in [2.05, 4.69) is 5.10 Å². The van der Waals surface area contributed by atoms with Gasteiger partial charge in [-0.2, -0.15) is 5.10 Å². The van der Waals surface area contributed by atoms with Crippen molar-refractivity contribution in [3.63, 3.8) is 0 Å². The zero-order valence-corrected chi connectivity index (χ0v) is 11.0. The Morgan fingerprint density at radius 3 is 2.67 bits per heavy atom. The third-order valence-electron chi connectivity index (χ3n) is 2.69. The standard InChI is InChI=1S/C13H14FN3S/c1-8(2)10-6-7-17(16-10)11-5-3-4-9(14)12(11)13(15)18/h3-8H,1-2H3,(H2,15,18). The van der Waals surface area contributed by atoms with Crippen LogP contribution in [0.25, 0.3) is 5.69 Å². The van der Waals surface area contributed by atoms with Crippen molar-refractivity contribution in [2.75, 3.05) is 0 Å². The maximum atomic E-state index is 13.7. The molecule has 2 rings (SSSR count). The second kappa shape index (κ2) is 4.86. The average molecular weight is 263 g/mol. The summed E-state index contributed by atoms with van der Waals surface area (Å²) in [6, 6.07) is 6.60. The van der Waals surface area contributed by atoms with Crippen molar-refractivity contribution in [2.24, 2.45) is 5.73 Å². The number of halogens is 1. The van der Waals surface area contributed by atoms with Crippen molar-refractivity contribution in [2.45, 2.75) is 19.8 Å². The van der Waals surface area contributed by atoms with Crippen LogP contribution in [-0.2, 0) is 0 Å². The Hall–Kier alpha value is -1.75. The molecule has 0 aliphatic heterocycles. The van der Waals surface area contributed by atoms with Crippen LogP contribution in [0.5, 0.6) is 0 Å². The molecule has 0 saturated heterocycles. The van der Waals surface area contributed by atoms with E-state index < -0.39 is 5.82 Å². The molecule has 0 radical (unpaired) electrons. The molecule has 0 amide bonds. The van der Waals surface area contributed by atoms with Crippen LogP contribution in [0.1, 0.15) is 31.0 Å². The lowest BCUT2D eigenvalue weighted by Gasteiger charge is -2.09. The van der Waals surface area contributed by atoms with Gasteiger partial charge in [0.2, 0.25) is 0 Å². The predicted molar refractivity (Wildman–Crippen MR) is 73.5 cm³/mol. The van der Waals surface area contributed by atoms with E-state index in [9.17, 15) is 4.39 Å². The molecule has 0 spiro atoms. The molecular formula is C13H14FN3S. The van der Waals surface area contributed by atoms with Gasteiger partial charge in [0.05, 0.1) is 16.9 Å². The van der Waals surface area contributed by atoms with E-state index in [1.165, 1.54) is 6.07 Å². The van der Waals surface area contributed by atoms with Crippen LogP contribution in [0, 0.1) is 5.82 Å². The number of benzene rings is 1. The Labute approximate surface area is 110 Å². The van der Waals surface area contributed by atoms with E-state index in [1.54, 1.807) is 23.0 Å². The maximum absolute atomic E-state index is 13.7. The number of nitrogens with zero attached hydrogens (tertiary/aromatic N) is 2. The molecule has 0 aliphatic rings. The highest BCUT2D eigenvalue weighted by Gasteiger charge is 2.14. The Morgan fingerprint density at radius 1 is 1.39 bits per heavy atom. The summed E-state index contributed by atoms with van der Waals surface area (Å²) in [6.07, 6.45) is 1.78. The van der Waals surface area contributed by atoms with E-state index >= 15 is 0 Å². The van der Waals surface area contributed by atoms with E-state index in [0.29, 0.717) is 11.6 Å². The van der Waals surface area contributed by atoms with Crippen molar-refractivity contribution in [3.8, 4) is 5.69 Å². The molecule has 5 heteroatoms. The minimum absolute atomic E-state index is 0.0321. The molecule has 18 heavy (non-hydrogen) atoms. The molecule has 0 unspecified atom stereocenters. The molecule has 1 aromatic carbocycles. The molecule has 0 saturated carbocycles. The normalized spacial score (nSPS) is 10.9. The zero-order chi connectivity index (χ0) is 13.3. The number of rotatable bonds is 3. The van der Waals surface area contributed by atoms with Gasteiger partial charge in [0.25, 0.3) is 0 Å². The number of thiocarbonyl (C=S) groups is 1. The first-order valence-electron chi connectivity index (χ1n) is 5.65. The van der Waals surface area contributed by atoms with E-state index in [0.717, 1.165) is 5.69 Å². The highest BCUT2D eigenvalue weighted by atomic mass is 32.1. The molecule has 94 valence electrons. The molecule has 1 heterocycles. The number of nitrogens with two attached hydrogens (primary N) is 1. The zero-order valence-electron chi connectivity index (χ0n) is 10.2. The van der Waals surface area contributed by atoms with Crippen LogP contribution < -0.4 is 5.73 Å². The number of hydrogen-bond donors (Lipinski definition) is 1. The predicted octanol–water partition coefficient (Wildman–Crippen LogP) is 2.77. The molecule has 0 atom stereocenters. The van der Waals surface area contributed by atoms with Gasteiger partial charge in [-0.25, -0.2) is 9.07 Å². The SMILES string of the molecule is CC(C)c1ccn(-c2cccc(F)c2C(N)=S)n1. The summed E-state index contributed by atoms with van der Waals surface area (Å²) in [6.45, 7) is 4.10. The van der Waals surface area contributed by atoms with Crippen molar-refractivity contribution in [1.29, 1.82) is 0 Å². The fourth-order valence-corrected chi connectivity index (χ4v) is 1.93. The van der Waals surface area contributed by atoms with Gasteiger partial charge >= 0.3 is 0 Å². The molecule has 0 aliphatic carbocycles. The average Bonchev–Trinajstić information content (AvgIpc) is 2.77. The monoisotopic (exact) mass is 263 g/mol. The van der Waals surface area contributed by atoms with Gasteiger partial charge in [0.1, 0.15) is 10.8 Å². The minimum atomic E-state index is -0.429. The smallest absolute Gasteiger partial charge is 0.135 e. The topological polar surface area (TPSA) is 43.8 Å². The first-order valence-corrected chi connectivity index (χ1v) is 6.05. The van der Waals surface area contributed by atoms with Gasteiger partial charge in [-0.3, -0.25) is 0 Å². The highest BCUT2D eigenvalue weighted by Crippen LogP contribution is 2.19. The second-order valence-corrected chi connectivity index (χ2v) is 4.78. The number of hydrogen-bond acceptors (Lipinski definition) is 2. The van der Waals surface area contributed by atoms with E-state index in [-0.39, 0.29) is 10.6 Å². The summed E-state index contributed by atoms with van der Waals surface area (Å²) in [5, 5.41) is 4.40. The molecular weight excluding hydrogens is 249 g/mol. The van der Waals surface area contributed by atoms with Crippen LogP contribution in [0.3, 0.4) is 0 Å². The fourth-order valence-electron chi connectivity index (χ4n) is 1.73. The molecule has 3 nitrogen and oxygen atoms in total. The van der Waals surface area contributed by atoms with Gasteiger partial charge in [-0.15, -0.1) is 0 Å². The van der Waals surface area contributed by atoms with Gasteiger partial charge in [0, 0.05) is 6.20 Å². The second-order valence-electron chi connectivity index (χ2n) is 4.34. The molecule has 0 fully saturated rings. The van der Waals surface area contributed by atoms with Crippen molar-refractivity contribution < 1.29 is 4.39 Å². The first kappa shape index (κ1) is 12.7. The van der Waals surface area contributed by atoms with Crippen molar-refractivity contribution in [1.82, 2.24) is 9.78 Å². The summed E-state index contributed by atoms with van der Waals surface area (Å²) in [7, 11) is 0. The summed E-state index contributed by atoms with van der Waals surface area (Å²) < 4.78 is 15.3. The van der Waals surface area contributed by atoms with Crippen LogP contribution in [0.15, 0.2) is 30.5 Å². The molecule has 0 bridgehead atoms. The van der Waals surface area contributed by atoms with Crippen LogP contribution in [0.4, 0.5) is 4.39 Å². The largest absolute Gasteiger partial charge is 0.389 e. The van der Waals surface area contributed by atoms with E-state index in [1.807, 2.05) is 19.9 Å². The fraction of sp³-hybridized carbons (Fsp3) is 0.231. The van der Waals surface area contributed by atoms with Gasteiger partial charge in [0.15, 0.2) is 0 Å². The molecule has 2 aromatic rings. The first-order chi connectivity index (χ1) is 8.50. The summed E-state index contributed by atoms with van der Waals surface area (Å²) >= 11 is 4.89. The molecule has 2 N–H and O–H groups in total. The molecule has 1 aromatic heterocycles.